The van der Waals surface area contributed by atoms with Crippen LogP contribution in [-0.4, -0.2) is 50.4 Å². The van der Waals surface area contributed by atoms with E-state index in [4.69, 9.17) is 5.73 Å². The van der Waals surface area contributed by atoms with Crippen molar-refractivity contribution in [3.05, 3.63) is 42.5 Å². The second-order valence-electron chi connectivity index (χ2n) is 8.06. The number of benzene rings is 2. The molecule has 2 amide bonds. The van der Waals surface area contributed by atoms with Crippen molar-refractivity contribution in [2.24, 2.45) is 11.7 Å². The molecule has 1 aliphatic heterocycles. The molecule has 0 aromatic heterocycles. The van der Waals surface area contributed by atoms with E-state index in [1.165, 1.54) is 4.90 Å². The summed E-state index contributed by atoms with van der Waals surface area (Å²) >= 11 is 0. The molecule has 2 aliphatic rings. The topological polar surface area (TPSA) is 121 Å². The number of carbonyl (C=O) groups is 2. The van der Waals surface area contributed by atoms with E-state index in [1.807, 2.05) is 0 Å². The standard InChI is InChI=1S/C22H25N3O5S/c1-14-13-24(21(26)16-2-3-16)20-12-17(6-9-19(20)25(14)22(27)28)15-4-7-18(8-5-15)31(29,30)11-10-23/h4-9,12,14,16H,2-3,10-11,13,23H2,1H3,(H,27,28)/t14-/m0/s1. The van der Waals surface area contributed by atoms with E-state index in [0.29, 0.717) is 17.9 Å². The molecule has 3 N–H and O–H groups in total. The number of hydrogen-bond donors (Lipinski definition) is 2. The van der Waals surface area contributed by atoms with Crippen molar-refractivity contribution >= 4 is 33.2 Å². The number of anilines is 2. The Morgan fingerprint density at radius 2 is 1.71 bits per heavy atom. The number of sulfone groups is 1. The van der Waals surface area contributed by atoms with Crippen LogP contribution in [0.1, 0.15) is 19.8 Å². The molecule has 1 saturated carbocycles. The highest BCUT2D eigenvalue weighted by molar-refractivity contribution is 7.91. The molecule has 0 radical (unpaired) electrons. The first-order valence-corrected chi connectivity index (χ1v) is 11.9. The molecule has 1 aliphatic carbocycles. The number of carboxylic acid groups (broad SMARTS) is 1. The van der Waals surface area contributed by atoms with Gasteiger partial charge in [0, 0.05) is 19.0 Å². The highest BCUT2D eigenvalue weighted by Gasteiger charge is 2.40. The van der Waals surface area contributed by atoms with Crippen molar-refractivity contribution in [2.75, 3.05) is 28.6 Å². The third kappa shape index (κ3) is 4.03. The van der Waals surface area contributed by atoms with Crippen molar-refractivity contribution in [3.63, 3.8) is 0 Å². The maximum atomic E-state index is 12.9. The number of hydrogen-bond acceptors (Lipinski definition) is 5. The molecule has 0 unspecified atom stereocenters. The van der Waals surface area contributed by atoms with Crippen LogP contribution in [0.25, 0.3) is 11.1 Å². The Morgan fingerprint density at radius 3 is 2.29 bits per heavy atom. The van der Waals surface area contributed by atoms with Gasteiger partial charge in [-0.1, -0.05) is 18.2 Å². The zero-order valence-corrected chi connectivity index (χ0v) is 18.0. The van der Waals surface area contributed by atoms with Crippen molar-refractivity contribution in [2.45, 2.75) is 30.7 Å². The minimum absolute atomic E-state index is 0.00659. The van der Waals surface area contributed by atoms with Gasteiger partial charge in [-0.25, -0.2) is 13.2 Å². The number of carbonyl (C=O) groups excluding carboxylic acids is 1. The lowest BCUT2D eigenvalue weighted by Crippen LogP contribution is -2.52. The van der Waals surface area contributed by atoms with Gasteiger partial charge >= 0.3 is 6.09 Å². The second kappa shape index (κ2) is 7.97. The van der Waals surface area contributed by atoms with Crippen LogP contribution in [0.2, 0.25) is 0 Å². The maximum Gasteiger partial charge on any atom is 0.412 e. The molecule has 0 spiro atoms. The highest BCUT2D eigenvalue weighted by atomic mass is 32.2. The molecule has 0 bridgehead atoms. The summed E-state index contributed by atoms with van der Waals surface area (Å²) in [5.74, 6) is -0.0854. The number of rotatable bonds is 5. The lowest BCUT2D eigenvalue weighted by atomic mass is 10.0. The summed E-state index contributed by atoms with van der Waals surface area (Å²) < 4.78 is 24.4. The summed E-state index contributed by atoms with van der Waals surface area (Å²) in [4.78, 5) is 27.9. The monoisotopic (exact) mass is 443 g/mol. The predicted octanol–water partition coefficient (Wildman–Crippen LogP) is 2.72. The van der Waals surface area contributed by atoms with Crippen LogP contribution in [-0.2, 0) is 14.6 Å². The Bertz CT molecular complexity index is 1130. The van der Waals surface area contributed by atoms with E-state index in [1.54, 1.807) is 54.3 Å². The Labute approximate surface area is 181 Å². The molecule has 1 heterocycles. The third-order valence-corrected chi connectivity index (χ3v) is 7.51. The van der Waals surface area contributed by atoms with E-state index in [2.05, 4.69) is 0 Å². The molecule has 2 aromatic rings. The SMILES string of the molecule is C[C@H]1CN(C(=O)C2CC2)c2cc(-c3ccc(S(=O)(=O)CCN)cc3)ccc2N1C(=O)O. The van der Waals surface area contributed by atoms with Crippen molar-refractivity contribution in [3.8, 4) is 11.1 Å². The number of fused-ring (bicyclic) bond motifs is 1. The fraction of sp³-hybridized carbons (Fsp3) is 0.364. The smallest absolute Gasteiger partial charge is 0.412 e. The zero-order valence-electron chi connectivity index (χ0n) is 17.2. The number of nitrogens with zero attached hydrogens (tertiary/aromatic N) is 2. The van der Waals surface area contributed by atoms with Gasteiger partial charge in [-0.15, -0.1) is 0 Å². The van der Waals surface area contributed by atoms with Gasteiger partial charge in [0.15, 0.2) is 9.84 Å². The van der Waals surface area contributed by atoms with Gasteiger partial charge in [-0.3, -0.25) is 9.69 Å². The minimum Gasteiger partial charge on any atom is -0.465 e. The van der Waals surface area contributed by atoms with Gasteiger partial charge in [-0.2, -0.15) is 0 Å². The van der Waals surface area contributed by atoms with E-state index in [9.17, 15) is 23.1 Å². The van der Waals surface area contributed by atoms with E-state index in [0.717, 1.165) is 24.0 Å². The van der Waals surface area contributed by atoms with Gasteiger partial charge in [0.1, 0.15) is 0 Å². The number of nitrogens with two attached hydrogens (primary N) is 1. The fourth-order valence-electron chi connectivity index (χ4n) is 3.98. The van der Waals surface area contributed by atoms with Crippen LogP contribution in [0.4, 0.5) is 16.2 Å². The molecular formula is C22H25N3O5S. The van der Waals surface area contributed by atoms with Gasteiger partial charge in [0.05, 0.1) is 28.1 Å². The van der Waals surface area contributed by atoms with E-state index >= 15 is 0 Å². The normalized spacial score (nSPS) is 18.6. The van der Waals surface area contributed by atoms with Crippen LogP contribution in [0.3, 0.4) is 0 Å². The maximum absolute atomic E-state index is 12.9. The summed E-state index contributed by atoms with van der Waals surface area (Å²) in [5, 5.41) is 9.70. The van der Waals surface area contributed by atoms with Crippen LogP contribution >= 0.6 is 0 Å². The van der Waals surface area contributed by atoms with Crippen LogP contribution in [0.5, 0.6) is 0 Å². The highest BCUT2D eigenvalue weighted by Crippen LogP contribution is 2.42. The molecule has 164 valence electrons. The van der Waals surface area contributed by atoms with Crippen LogP contribution < -0.4 is 15.5 Å². The Morgan fingerprint density at radius 1 is 1.06 bits per heavy atom. The largest absolute Gasteiger partial charge is 0.465 e. The zero-order chi connectivity index (χ0) is 22.3. The van der Waals surface area contributed by atoms with Crippen molar-refractivity contribution in [1.82, 2.24) is 0 Å². The van der Waals surface area contributed by atoms with Gasteiger partial charge < -0.3 is 15.7 Å². The van der Waals surface area contributed by atoms with Crippen molar-refractivity contribution in [1.29, 1.82) is 0 Å². The molecule has 4 rings (SSSR count). The van der Waals surface area contributed by atoms with Crippen molar-refractivity contribution < 1.29 is 23.1 Å². The fourth-order valence-corrected chi connectivity index (χ4v) is 5.08. The Hall–Kier alpha value is -2.91. The Balaban J connectivity index is 1.74. The summed E-state index contributed by atoms with van der Waals surface area (Å²) in [6.45, 7) is 2.14. The molecule has 9 heteroatoms. The summed E-state index contributed by atoms with van der Waals surface area (Å²) in [6.07, 6.45) is 0.662. The molecule has 31 heavy (non-hydrogen) atoms. The quantitative estimate of drug-likeness (QED) is 0.733. The first-order chi connectivity index (χ1) is 14.7. The second-order valence-corrected chi connectivity index (χ2v) is 10.2. The lowest BCUT2D eigenvalue weighted by Gasteiger charge is -2.40. The molecule has 2 aromatic carbocycles. The van der Waals surface area contributed by atoms with Crippen LogP contribution in [0.15, 0.2) is 47.4 Å². The van der Waals surface area contributed by atoms with Gasteiger partial charge in [0.25, 0.3) is 0 Å². The van der Waals surface area contributed by atoms with E-state index in [-0.39, 0.29) is 35.1 Å². The number of amides is 2. The summed E-state index contributed by atoms with van der Waals surface area (Å²) in [7, 11) is -3.42. The molecule has 8 nitrogen and oxygen atoms in total. The molecule has 1 fully saturated rings. The predicted molar refractivity (Wildman–Crippen MR) is 118 cm³/mol. The van der Waals surface area contributed by atoms with Crippen LogP contribution in [0, 0.1) is 5.92 Å². The minimum atomic E-state index is -3.42. The first kappa shape index (κ1) is 21.3. The van der Waals surface area contributed by atoms with E-state index < -0.39 is 15.9 Å². The van der Waals surface area contributed by atoms with Gasteiger partial charge in [0.2, 0.25) is 5.91 Å². The lowest BCUT2D eigenvalue weighted by molar-refractivity contribution is -0.119. The summed E-state index contributed by atoms with van der Waals surface area (Å²) in [5.41, 5.74) is 7.97. The summed E-state index contributed by atoms with van der Waals surface area (Å²) in [6, 6.07) is 11.4. The average Bonchev–Trinajstić information content (AvgIpc) is 3.57. The third-order valence-electron chi connectivity index (χ3n) is 5.75. The van der Waals surface area contributed by atoms with Gasteiger partial charge in [-0.05, 0) is 55.2 Å². The average molecular weight is 444 g/mol. The molecule has 1 atom stereocenters. The first-order valence-electron chi connectivity index (χ1n) is 10.2. The Kier molecular flexibility index (Phi) is 5.49. The molecule has 0 saturated heterocycles. The molecular weight excluding hydrogens is 418 g/mol.